The Morgan fingerprint density at radius 1 is 1.30 bits per heavy atom. The number of benzene rings is 1. The fourth-order valence-corrected chi connectivity index (χ4v) is 4.34. The van der Waals surface area contributed by atoms with Crippen molar-refractivity contribution in [3.8, 4) is 0 Å². The van der Waals surface area contributed by atoms with Crippen molar-refractivity contribution < 1.29 is 8.42 Å². The van der Waals surface area contributed by atoms with Gasteiger partial charge in [-0.1, -0.05) is 6.07 Å². The van der Waals surface area contributed by atoms with Crippen LogP contribution in [-0.2, 0) is 16.4 Å². The Balaban J connectivity index is 2.59. The largest absolute Gasteiger partial charge is 0.308 e. The summed E-state index contributed by atoms with van der Waals surface area (Å²) in [4.78, 5) is 1.08. The molecule has 0 aliphatic carbocycles. The number of hydrogen-bond donors (Lipinski definition) is 1. The number of rotatable bonds is 6. The third-order valence-electron chi connectivity index (χ3n) is 2.53. The molecule has 0 saturated heterocycles. The van der Waals surface area contributed by atoms with Crippen molar-refractivity contribution >= 4 is 37.5 Å². The lowest BCUT2D eigenvalue weighted by molar-refractivity contribution is 0.424. The number of nitrogens with one attached hydrogen (secondary N) is 1. The number of halogens is 1. The van der Waals surface area contributed by atoms with Gasteiger partial charge >= 0.3 is 0 Å². The van der Waals surface area contributed by atoms with Gasteiger partial charge in [-0.05, 0) is 54.4 Å². The van der Waals surface area contributed by atoms with E-state index in [4.69, 9.17) is 0 Å². The van der Waals surface area contributed by atoms with E-state index in [9.17, 15) is 8.42 Å². The first-order valence-corrected chi connectivity index (χ1v) is 10.2. The van der Waals surface area contributed by atoms with Gasteiger partial charge in [-0.15, -0.1) is 11.8 Å². The molecule has 0 aromatic heterocycles. The normalized spacial score (nSPS) is 12.7. The summed E-state index contributed by atoms with van der Waals surface area (Å²) in [5.41, 5.74) is 1.30. The average molecular weight is 380 g/mol. The molecular weight excluding hydrogens is 358 g/mol. The lowest BCUT2D eigenvalue weighted by Crippen LogP contribution is -2.35. The molecule has 0 fully saturated rings. The zero-order valence-electron chi connectivity index (χ0n) is 12.4. The van der Waals surface area contributed by atoms with Gasteiger partial charge in [-0.25, -0.2) is 8.42 Å². The topological polar surface area (TPSA) is 46.2 Å². The van der Waals surface area contributed by atoms with E-state index in [1.807, 2.05) is 6.07 Å². The minimum absolute atomic E-state index is 0.0926. The van der Waals surface area contributed by atoms with Gasteiger partial charge in [0.05, 0.1) is 5.75 Å². The molecule has 0 amide bonds. The quantitative estimate of drug-likeness (QED) is 0.768. The number of hydrogen-bond acceptors (Lipinski definition) is 4. The first-order valence-electron chi connectivity index (χ1n) is 6.41. The highest BCUT2D eigenvalue weighted by Gasteiger charge is 2.10. The summed E-state index contributed by atoms with van der Waals surface area (Å²) in [6.45, 7) is 7.22. The molecule has 0 heterocycles. The Morgan fingerprint density at radius 3 is 2.45 bits per heavy atom. The number of thioether (sulfide) groups is 1. The molecule has 1 rings (SSSR count). The molecule has 1 aromatic rings. The zero-order valence-corrected chi connectivity index (χ0v) is 15.6. The predicted octanol–water partition coefficient (Wildman–Crippen LogP) is 3.47. The van der Waals surface area contributed by atoms with Crippen LogP contribution in [0.1, 0.15) is 26.3 Å². The average Bonchev–Trinajstić information content (AvgIpc) is 2.26. The van der Waals surface area contributed by atoms with Crippen LogP contribution in [0.3, 0.4) is 0 Å². The molecule has 114 valence electrons. The summed E-state index contributed by atoms with van der Waals surface area (Å²) < 4.78 is 23.2. The van der Waals surface area contributed by atoms with Crippen LogP contribution in [0, 0.1) is 0 Å². The first-order chi connectivity index (χ1) is 9.07. The van der Waals surface area contributed by atoms with Crippen molar-refractivity contribution in [2.45, 2.75) is 37.8 Å². The van der Waals surface area contributed by atoms with Crippen molar-refractivity contribution in [1.82, 2.24) is 5.32 Å². The Hall–Kier alpha value is -0.0400. The molecule has 1 aromatic carbocycles. The van der Waals surface area contributed by atoms with Gasteiger partial charge in [0.15, 0.2) is 0 Å². The maximum absolute atomic E-state index is 11.1. The Kier molecular flexibility index (Phi) is 6.57. The van der Waals surface area contributed by atoms with Crippen LogP contribution >= 0.6 is 27.7 Å². The minimum atomic E-state index is -2.89. The third-order valence-corrected chi connectivity index (χ3v) is 5.73. The Labute approximate surface area is 135 Å². The lowest BCUT2D eigenvalue weighted by atomic mass is 10.1. The van der Waals surface area contributed by atoms with Crippen molar-refractivity contribution in [2.24, 2.45) is 0 Å². The van der Waals surface area contributed by atoms with E-state index in [0.717, 1.165) is 15.9 Å². The Morgan fingerprint density at radius 2 is 1.95 bits per heavy atom. The fourth-order valence-electron chi connectivity index (χ4n) is 1.44. The highest BCUT2D eigenvalue weighted by molar-refractivity contribution is 9.10. The van der Waals surface area contributed by atoms with Crippen LogP contribution in [0.15, 0.2) is 27.6 Å². The molecule has 0 aliphatic rings. The van der Waals surface area contributed by atoms with Crippen molar-refractivity contribution in [3.05, 3.63) is 28.2 Å². The second-order valence-electron chi connectivity index (χ2n) is 5.85. The van der Waals surface area contributed by atoms with E-state index >= 15 is 0 Å². The van der Waals surface area contributed by atoms with E-state index in [2.05, 4.69) is 54.2 Å². The molecule has 3 nitrogen and oxygen atoms in total. The van der Waals surface area contributed by atoms with Gasteiger partial charge in [-0.3, -0.25) is 0 Å². The molecule has 0 unspecified atom stereocenters. The van der Waals surface area contributed by atoms with Crippen LogP contribution in [0.25, 0.3) is 0 Å². The van der Waals surface area contributed by atoms with E-state index < -0.39 is 9.84 Å². The Bertz CT molecular complexity index is 551. The highest BCUT2D eigenvalue weighted by Crippen LogP contribution is 2.28. The van der Waals surface area contributed by atoms with Crippen LogP contribution < -0.4 is 5.32 Å². The van der Waals surface area contributed by atoms with E-state index in [1.165, 1.54) is 11.8 Å². The molecule has 0 atom stereocenters. The predicted molar refractivity (Wildman–Crippen MR) is 91.2 cm³/mol. The molecule has 0 radical (unpaired) electrons. The minimum Gasteiger partial charge on any atom is -0.308 e. The summed E-state index contributed by atoms with van der Waals surface area (Å²) in [6, 6.07) is 6.20. The van der Waals surface area contributed by atoms with Crippen LogP contribution in [0.2, 0.25) is 0 Å². The molecule has 20 heavy (non-hydrogen) atoms. The summed E-state index contributed by atoms with van der Waals surface area (Å²) >= 11 is 5.11. The third kappa shape index (κ3) is 7.67. The summed E-state index contributed by atoms with van der Waals surface area (Å²) in [5.74, 6) is 0.786. The van der Waals surface area contributed by atoms with Gasteiger partial charge in [0.2, 0.25) is 0 Å². The summed E-state index contributed by atoms with van der Waals surface area (Å²) in [7, 11) is -2.89. The highest BCUT2D eigenvalue weighted by atomic mass is 79.9. The number of sulfone groups is 1. The zero-order chi connectivity index (χ0) is 15.4. The maximum Gasteiger partial charge on any atom is 0.148 e. The first kappa shape index (κ1) is 18.0. The van der Waals surface area contributed by atoms with Gasteiger partial charge < -0.3 is 5.32 Å². The molecule has 6 heteroatoms. The fraction of sp³-hybridized carbons (Fsp3) is 0.571. The monoisotopic (exact) mass is 379 g/mol. The maximum atomic E-state index is 11.1. The summed E-state index contributed by atoms with van der Waals surface area (Å²) in [5, 5.41) is 3.44. The van der Waals surface area contributed by atoms with E-state index in [-0.39, 0.29) is 11.3 Å². The molecule has 0 saturated carbocycles. The van der Waals surface area contributed by atoms with E-state index in [1.54, 1.807) is 11.8 Å². The van der Waals surface area contributed by atoms with Gasteiger partial charge in [-0.2, -0.15) is 0 Å². The summed E-state index contributed by atoms with van der Waals surface area (Å²) in [6.07, 6.45) is 1.27. The second-order valence-corrected chi connectivity index (χ2v) is 10.1. The second kappa shape index (κ2) is 7.29. The SMILES string of the molecule is CC(C)(C)NCc1ccc(SCCS(C)(=O)=O)c(Br)c1. The van der Waals surface area contributed by atoms with Gasteiger partial charge in [0.25, 0.3) is 0 Å². The molecule has 0 aliphatic heterocycles. The van der Waals surface area contributed by atoms with Crippen molar-refractivity contribution in [2.75, 3.05) is 17.8 Å². The van der Waals surface area contributed by atoms with Crippen LogP contribution in [0.5, 0.6) is 0 Å². The van der Waals surface area contributed by atoms with Gasteiger partial charge in [0.1, 0.15) is 9.84 Å². The van der Waals surface area contributed by atoms with Crippen LogP contribution in [0.4, 0.5) is 0 Å². The molecule has 1 N–H and O–H groups in total. The van der Waals surface area contributed by atoms with Crippen molar-refractivity contribution in [3.63, 3.8) is 0 Å². The van der Waals surface area contributed by atoms with E-state index in [0.29, 0.717) is 5.75 Å². The standard InChI is InChI=1S/C14H22BrNO2S2/c1-14(2,3)16-10-11-5-6-13(12(15)9-11)19-7-8-20(4,17)18/h5-6,9,16H,7-8,10H2,1-4H3. The smallest absolute Gasteiger partial charge is 0.148 e. The molecule has 0 spiro atoms. The lowest BCUT2D eigenvalue weighted by Gasteiger charge is -2.20. The molecular formula is C14H22BrNO2S2. The van der Waals surface area contributed by atoms with Crippen LogP contribution in [-0.4, -0.2) is 31.7 Å². The van der Waals surface area contributed by atoms with Crippen molar-refractivity contribution in [1.29, 1.82) is 0 Å². The molecule has 0 bridgehead atoms. The van der Waals surface area contributed by atoms with Gasteiger partial charge in [0, 0.05) is 33.5 Å².